The Morgan fingerprint density at radius 1 is 1.16 bits per heavy atom. The smallest absolute Gasteiger partial charge is 0.325 e. The predicted molar refractivity (Wildman–Crippen MR) is 95.5 cm³/mol. The van der Waals surface area contributed by atoms with Gasteiger partial charge in [0.2, 0.25) is 0 Å². The molecule has 1 heterocycles. The van der Waals surface area contributed by atoms with Gasteiger partial charge in [0.15, 0.2) is 0 Å². The number of amides is 3. The monoisotopic (exact) mass is 358 g/mol. The summed E-state index contributed by atoms with van der Waals surface area (Å²) in [6.45, 7) is 2.06. The van der Waals surface area contributed by atoms with Gasteiger partial charge in [-0.15, -0.1) is 0 Å². The van der Waals surface area contributed by atoms with Crippen LogP contribution in [0.4, 0.5) is 4.79 Å². The van der Waals surface area contributed by atoms with E-state index < -0.39 is 11.6 Å². The second-order valence-corrected chi connectivity index (χ2v) is 6.38. The van der Waals surface area contributed by atoms with Crippen LogP contribution in [0.2, 0.25) is 5.02 Å². The Morgan fingerprint density at radius 3 is 2.48 bits per heavy atom. The SMILES string of the molecule is CCC1(c2ccc(OC)cc2)NC(=O)N(Cc2cccc(Cl)c2)C1=O. The van der Waals surface area contributed by atoms with Crippen LogP contribution in [0, 0.1) is 0 Å². The fraction of sp³-hybridized carbons (Fsp3) is 0.263. The molecular formula is C19H19ClN2O3. The number of benzene rings is 2. The number of hydrogen-bond acceptors (Lipinski definition) is 3. The molecule has 1 aliphatic rings. The van der Waals surface area contributed by atoms with Crippen molar-refractivity contribution in [2.75, 3.05) is 7.11 Å². The van der Waals surface area contributed by atoms with E-state index in [1.807, 2.05) is 25.1 Å². The maximum Gasteiger partial charge on any atom is 0.325 e. The first-order valence-corrected chi connectivity index (χ1v) is 8.41. The van der Waals surface area contributed by atoms with Gasteiger partial charge in [0.1, 0.15) is 11.3 Å². The molecule has 130 valence electrons. The third kappa shape index (κ3) is 3.07. The van der Waals surface area contributed by atoms with Gasteiger partial charge in [-0.25, -0.2) is 4.79 Å². The highest BCUT2D eigenvalue weighted by Crippen LogP contribution is 2.34. The van der Waals surface area contributed by atoms with E-state index >= 15 is 0 Å². The lowest BCUT2D eigenvalue weighted by atomic mass is 9.87. The second-order valence-electron chi connectivity index (χ2n) is 5.94. The average Bonchev–Trinajstić information content (AvgIpc) is 2.87. The average molecular weight is 359 g/mol. The number of imide groups is 1. The molecule has 25 heavy (non-hydrogen) atoms. The summed E-state index contributed by atoms with van der Waals surface area (Å²) in [6.07, 6.45) is 0.454. The Hall–Kier alpha value is -2.53. The lowest BCUT2D eigenvalue weighted by Crippen LogP contribution is -2.43. The minimum absolute atomic E-state index is 0.184. The van der Waals surface area contributed by atoms with Crippen LogP contribution in [-0.2, 0) is 16.9 Å². The molecule has 1 aliphatic heterocycles. The molecule has 1 saturated heterocycles. The van der Waals surface area contributed by atoms with E-state index in [0.29, 0.717) is 17.2 Å². The van der Waals surface area contributed by atoms with Gasteiger partial charge in [-0.3, -0.25) is 9.69 Å². The van der Waals surface area contributed by atoms with Crippen molar-refractivity contribution in [1.29, 1.82) is 0 Å². The maximum absolute atomic E-state index is 13.1. The first-order chi connectivity index (χ1) is 12.0. The molecule has 0 bridgehead atoms. The van der Waals surface area contributed by atoms with E-state index in [4.69, 9.17) is 16.3 Å². The number of methoxy groups -OCH3 is 1. The van der Waals surface area contributed by atoms with E-state index in [1.54, 1.807) is 37.4 Å². The van der Waals surface area contributed by atoms with Gasteiger partial charge in [-0.2, -0.15) is 0 Å². The van der Waals surface area contributed by atoms with Crippen LogP contribution in [-0.4, -0.2) is 23.9 Å². The van der Waals surface area contributed by atoms with Crippen molar-refractivity contribution >= 4 is 23.5 Å². The zero-order valence-electron chi connectivity index (χ0n) is 14.1. The van der Waals surface area contributed by atoms with Crippen molar-refractivity contribution in [3.05, 3.63) is 64.7 Å². The lowest BCUT2D eigenvalue weighted by molar-refractivity contribution is -0.132. The highest BCUT2D eigenvalue weighted by atomic mass is 35.5. The first kappa shape index (κ1) is 17.3. The van der Waals surface area contributed by atoms with E-state index in [9.17, 15) is 9.59 Å². The molecule has 1 atom stereocenters. The van der Waals surface area contributed by atoms with Gasteiger partial charge < -0.3 is 10.1 Å². The molecule has 1 unspecified atom stereocenters. The molecule has 2 aromatic carbocycles. The zero-order valence-corrected chi connectivity index (χ0v) is 14.8. The third-order valence-electron chi connectivity index (χ3n) is 4.52. The molecule has 0 radical (unpaired) electrons. The topological polar surface area (TPSA) is 58.6 Å². The van der Waals surface area contributed by atoms with Crippen molar-refractivity contribution in [2.45, 2.75) is 25.4 Å². The summed E-state index contributed by atoms with van der Waals surface area (Å²) in [5, 5.41) is 3.44. The lowest BCUT2D eigenvalue weighted by Gasteiger charge is -2.26. The van der Waals surface area contributed by atoms with Crippen LogP contribution in [0.3, 0.4) is 0 Å². The number of hydrogen-bond donors (Lipinski definition) is 1. The van der Waals surface area contributed by atoms with Gasteiger partial charge in [0.25, 0.3) is 5.91 Å². The summed E-state index contributed by atoms with van der Waals surface area (Å²) >= 11 is 5.99. The molecule has 1 fully saturated rings. The van der Waals surface area contributed by atoms with Crippen LogP contribution in [0.1, 0.15) is 24.5 Å². The molecular weight excluding hydrogens is 340 g/mol. The molecule has 0 aliphatic carbocycles. The van der Waals surface area contributed by atoms with E-state index in [1.165, 1.54) is 4.90 Å². The molecule has 3 rings (SSSR count). The fourth-order valence-corrected chi connectivity index (χ4v) is 3.32. The number of carbonyl (C=O) groups is 2. The molecule has 0 saturated carbocycles. The first-order valence-electron chi connectivity index (χ1n) is 8.03. The Bertz CT molecular complexity index is 807. The Kier molecular flexibility index (Phi) is 4.68. The van der Waals surface area contributed by atoms with Crippen molar-refractivity contribution in [3.63, 3.8) is 0 Å². The van der Waals surface area contributed by atoms with Crippen LogP contribution < -0.4 is 10.1 Å². The Labute approximate surface area is 151 Å². The molecule has 1 N–H and O–H groups in total. The maximum atomic E-state index is 13.1. The van der Waals surface area contributed by atoms with Gasteiger partial charge in [0, 0.05) is 5.02 Å². The third-order valence-corrected chi connectivity index (χ3v) is 4.75. The number of halogens is 1. The fourth-order valence-electron chi connectivity index (χ4n) is 3.10. The number of rotatable bonds is 5. The summed E-state index contributed by atoms with van der Waals surface area (Å²) in [5.74, 6) is 0.438. The van der Waals surface area contributed by atoms with Crippen LogP contribution in [0.5, 0.6) is 5.75 Å². The largest absolute Gasteiger partial charge is 0.497 e. The number of carbonyl (C=O) groups excluding carboxylic acids is 2. The number of nitrogens with one attached hydrogen (secondary N) is 1. The number of ether oxygens (including phenoxy) is 1. The van der Waals surface area contributed by atoms with Crippen molar-refractivity contribution in [2.24, 2.45) is 0 Å². The molecule has 6 heteroatoms. The van der Waals surface area contributed by atoms with Crippen molar-refractivity contribution in [3.8, 4) is 5.75 Å². The van der Waals surface area contributed by atoms with Crippen molar-refractivity contribution < 1.29 is 14.3 Å². The quantitative estimate of drug-likeness (QED) is 0.829. The van der Waals surface area contributed by atoms with Crippen LogP contribution in [0.15, 0.2) is 48.5 Å². The summed E-state index contributed by atoms with van der Waals surface area (Å²) in [6, 6.07) is 13.9. The normalized spacial score (nSPS) is 19.9. The highest BCUT2D eigenvalue weighted by Gasteiger charge is 2.51. The minimum atomic E-state index is -1.05. The minimum Gasteiger partial charge on any atom is -0.497 e. The summed E-state index contributed by atoms with van der Waals surface area (Å²) < 4.78 is 5.16. The molecule has 3 amide bonds. The van der Waals surface area contributed by atoms with Crippen LogP contribution >= 0.6 is 11.6 Å². The summed E-state index contributed by atoms with van der Waals surface area (Å²) in [4.78, 5) is 26.8. The van der Waals surface area contributed by atoms with Gasteiger partial charge in [-0.1, -0.05) is 42.8 Å². The van der Waals surface area contributed by atoms with Crippen LogP contribution in [0.25, 0.3) is 0 Å². The molecule has 2 aromatic rings. The highest BCUT2D eigenvalue weighted by molar-refractivity contribution is 6.30. The number of nitrogens with zero attached hydrogens (tertiary/aromatic N) is 1. The predicted octanol–water partition coefficient (Wildman–Crippen LogP) is 3.71. The zero-order chi connectivity index (χ0) is 18.0. The van der Waals surface area contributed by atoms with Gasteiger partial charge in [-0.05, 0) is 41.8 Å². The second kappa shape index (κ2) is 6.76. The summed E-state index contributed by atoms with van der Waals surface area (Å²) in [5.41, 5.74) is 0.488. The standard InChI is InChI=1S/C19H19ClN2O3/c1-3-19(14-7-9-16(25-2)10-8-14)17(23)22(18(24)21-19)12-13-5-4-6-15(20)11-13/h4-11H,3,12H2,1-2H3,(H,21,24). The Balaban J connectivity index is 1.91. The number of urea groups is 1. The van der Waals surface area contributed by atoms with Crippen molar-refractivity contribution in [1.82, 2.24) is 10.2 Å². The van der Waals surface area contributed by atoms with E-state index in [-0.39, 0.29) is 12.5 Å². The van der Waals surface area contributed by atoms with Gasteiger partial charge >= 0.3 is 6.03 Å². The van der Waals surface area contributed by atoms with Gasteiger partial charge in [0.05, 0.1) is 13.7 Å². The Morgan fingerprint density at radius 2 is 1.88 bits per heavy atom. The van der Waals surface area contributed by atoms with E-state index in [0.717, 1.165) is 11.1 Å². The summed E-state index contributed by atoms with van der Waals surface area (Å²) in [7, 11) is 1.58. The molecule has 0 spiro atoms. The molecule has 5 nitrogen and oxygen atoms in total. The van der Waals surface area contributed by atoms with E-state index in [2.05, 4.69) is 5.32 Å². The molecule has 0 aromatic heterocycles.